The average molecular weight is 275 g/mol. The summed E-state index contributed by atoms with van der Waals surface area (Å²) in [5.74, 6) is 0.610. The van der Waals surface area contributed by atoms with Gasteiger partial charge in [-0.1, -0.05) is 37.3 Å². The summed E-state index contributed by atoms with van der Waals surface area (Å²) in [6, 6.07) is 10.8. The molecule has 2 aliphatic heterocycles. The first-order chi connectivity index (χ1) is 9.80. The van der Waals surface area contributed by atoms with Crippen molar-refractivity contribution in [3.8, 4) is 0 Å². The van der Waals surface area contributed by atoms with Gasteiger partial charge in [-0.05, 0) is 30.9 Å². The molecular weight excluding hydrogens is 250 g/mol. The largest absolute Gasteiger partial charge is 0.379 e. The predicted molar refractivity (Wildman–Crippen MR) is 80.0 cm³/mol. The molecule has 2 heterocycles. The molecule has 0 N–H and O–H groups in total. The molecule has 3 heteroatoms. The molecule has 1 spiro atoms. The van der Waals surface area contributed by atoms with Crippen LogP contribution in [0.2, 0.25) is 0 Å². The van der Waals surface area contributed by atoms with Crippen LogP contribution in [0.4, 0.5) is 0 Å². The number of ether oxygens (including phenoxy) is 2. The van der Waals surface area contributed by atoms with E-state index >= 15 is 0 Å². The average Bonchev–Trinajstić information content (AvgIpc) is 2.96. The van der Waals surface area contributed by atoms with Crippen LogP contribution < -0.4 is 0 Å². The fourth-order valence-corrected chi connectivity index (χ4v) is 3.37. The van der Waals surface area contributed by atoms with Crippen molar-refractivity contribution in [1.29, 1.82) is 0 Å². The van der Waals surface area contributed by atoms with Gasteiger partial charge in [-0.3, -0.25) is 4.90 Å². The summed E-state index contributed by atoms with van der Waals surface area (Å²) in [4.78, 5) is 2.61. The van der Waals surface area contributed by atoms with E-state index in [9.17, 15) is 0 Å². The first kappa shape index (κ1) is 14.1. The highest BCUT2D eigenvalue weighted by Crippen LogP contribution is 2.30. The predicted octanol–water partition coefficient (Wildman–Crippen LogP) is 2.67. The summed E-state index contributed by atoms with van der Waals surface area (Å²) < 4.78 is 11.3. The Morgan fingerprint density at radius 2 is 1.90 bits per heavy atom. The molecule has 3 rings (SSSR count). The van der Waals surface area contributed by atoms with Crippen molar-refractivity contribution in [2.45, 2.75) is 31.2 Å². The van der Waals surface area contributed by atoms with Gasteiger partial charge in [-0.25, -0.2) is 0 Å². The van der Waals surface area contributed by atoms with Crippen molar-refractivity contribution < 1.29 is 9.47 Å². The van der Waals surface area contributed by atoms with E-state index < -0.39 is 0 Å². The first-order valence-corrected chi connectivity index (χ1v) is 7.76. The van der Waals surface area contributed by atoms with Gasteiger partial charge in [-0.2, -0.15) is 0 Å². The lowest BCUT2D eigenvalue weighted by molar-refractivity contribution is -0.0713. The van der Waals surface area contributed by atoms with E-state index in [0.717, 1.165) is 45.9 Å². The van der Waals surface area contributed by atoms with Gasteiger partial charge in [0.05, 0.1) is 25.4 Å². The minimum atomic E-state index is 0.161. The monoisotopic (exact) mass is 275 g/mol. The van der Waals surface area contributed by atoms with Gasteiger partial charge < -0.3 is 9.47 Å². The van der Waals surface area contributed by atoms with Gasteiger partial charge in [0.2, 0.25) is 0 Å². The molecule has 0 bridgehead atoms. The number of hydrogen-bond acceptors (Lipinski definition) is 3. The van der Waals surface area contributed by atoms with Crippen molar-refractivity contribution in [3.63, 3.8) is 0 Å². The minimum Gasteiger partial charge on any atom is -0.379 e. The Morgan fingerprint density at radius 3 is 2.65 bits per heavy atom. The highest BCUT2D eigenvalue weighted by molar-refractivity contribution is 5.18. The molecule has 0 unspecified atom stereocenters. The molecule has 1 aromatic carbocycles. The fraction of sp³-hybridized carbons (Fsp3) is 0.647. The van der Waals surface area contributed by atoms with Crippen LogP contribution in [0.1, 0.15) is 31.2 Å². The van der Waals surface area contributed by atoms with Gasteiger partial charge in [0, 0.05) is 13.2 Å². The van der Waals surface area contributed by atoms with Crippen molar-refractivity contribution >= 4 is 0 Å². The molecule has 110 valence electrons. The van der Waals surface area contributed by atoms with Crippen LogP contribution in [0.15, 0.2) is 30.3 Å². The Morgan fingerprint density at radius 1 is 1.15 bits per heavy atom. The molecule has 2 saturated heterocycles. The maximum absolute atomic E-state index is 5.71. The van der Waals surface area contributed by atoms with E-state index in [1.807, 2.05) is 0 Å². The third-order valence-electron chi connectivity index (χ3n) is 4.83. The van der Waals surface area contributed by atoms with Gasteiger partial charge in [0.25, 0.3) is 0 Å². The van der Waals surface area contributed by atoms with Crippen LogP contribution in [0.3, 0.4) is 0 Å². The van der Waals surface area contributed by atoms with Gasteiger partial charge in [0.1, 0.15) is 0 Å². The standard InChI is InChI=1S/C17H25NO2/c1-15(16-5-3-2-4-6-16)7-9-18-10-12-20-14-17(18)8-11-19-13-17/h2-6,15H,7-14H2,1H3/t15-,17-/m0/s1. The molecule has 3 nitrogen and oxygen atoms in total. The second-order valence-corrected chi connectivity index (χ2v) is 6.17. The molecule has 2 atom stereocenters. The van der Waals surface area contributed by atoms with Crippen LogP contribution >= 0.6 is 0 Å². The SMILES string of the molecule is C[C@@H](CCN1CCOC[C@@]12CCOC2)c1ccccc1. The Balaban J connectivity index is 1.59. The summed E-state index contributed by atoms with van der Waals surface area (Å²) in [7, 11) is 0. The van der Waals surface area contributed by atoms with Crippen molar-refractivity contribution in [1.82, 2.24) is 4.90 Å². The van der Waals surface area contributed by atoms with Gasteiger partial charge in [-0.15, -0.1) is 0 Å². The lowest BCUT2D eigenvalue weighted by atomic mass is 9.93. The van der Waals surface area contributed by atoms with Crippen LogP contribution in [0, 0.1) is 0 Å². The van der Waals surface area contributed by atoms with Crippen LogP contribution in [-0.4, -0.2) is 50.0 Å². The lowest BCUT2D eigenvalue weighted by Crippen LogP contribution is -2.57. The fourth-order valence-electron chi connectivity index (χ4n) is 3.37. The van der Waals surface area contributed by atoms with E-state index in [1.54, 1.807) is 0 Å². The summed E-state index contributed by atoms with van der Waals surface area (Å²) in [6.07, 6.45) is 2.32. The van der Waals surface area contributed by atoms with E-state index in [-0.39, 0.29) is 5.54 Å². The molecule has 0 aliphatic carbocycles. The number of benzene rings is 1. The van der Waals surface area contributed by atoms with Crippen LogP contribution in [-0.2, 0) is 9.47 Å². The molecule has 2 fully saturated rings. The zero-order chi connectivity index (χ0) is 13.8. The lowest BCUT2D eigenvalue weighted by Gasteiger charge is -2.44. The summed E-state index contributed by atoms with van der Waals surface area (Å²) in [5, 5.41) is 0. The molecule has 0 radical (unpaired) electrons. The third kappa shape index (κ3) is 2.90. The van der Waals surface area contributed by atoms with E-state index in [1.165, 1.54) is 12.0 Å². The highest BCUT2D eigenvalue weighted by Gasteiger charge is 2.42. The van der Waals surface area contributed by atoms with E-state index in [4.69, 9.17) is 9.47 Å². The number of morpholine rings is 1. The zero-order valence-electron chi connectivity index (χ0n) is 12.4. The third-order valence-corrected chi connectivity index (χ3v) is 4.83. The van der Waals surface area contributed by atoms with E-state index in [0.29, 0.717) is 5.92 Å². The molecule has 1 aromatic rings. The Kier molecular flexibility index (Phi) is 4.39. The topological polar surface area (TPSA) is 21.7 Å². The molecule has 0 aromatic heterocycles. The summed E-state index contributed by atoms with van der Waals surface area (Å²) >= 11 is 0. The summed E-state index contributed by atoms with van der Waals surface area (Å²) in [6.45, 7) is 7.94. The van der Waals surface area contributed by atoms with Gasteiger partial charge in [0.15, 0.2) is 0 Å². The summed E-state index contributed by atoms with van der Waals surface area (Å²) in [5.41, 5.74) is 1.60. The molecule has 2 aliphatic rings. The molecular formula is C17H25NO2. The Labute approximate surface area is 121 Å². The normalized spacial score (nSPS) is 28.9. The second-order valence-electron chi connectivity index (χ2n) is 6.17. The van der Waals surface area contributed by atoms with Crippen LogP contribution in [0.25, 0.3) is 0 Å². The smallest absolute Gasteiger partial charge is 0.0701 e. The Bertz CT molecular complexity index is 414. The molecule has 20 heavy (non-hydrogen) atoms. The van der Waals surface area contributed by atoms with Crippen molar-refractivity contribution in [3.05, 3.63) is 35.9 Å². The zero-order valence-corrected chi connectivity index (χ0v) is 12.4. The van der Waals surface area contributed by atoms with Crippen molar-refractivity contribution in [2.75, 3.05) is 39.5 Å². The highest BCUT2D eigenvalue weighted by atomic mass is 16.5. The van der Waals surface area contributed by atoms with Crippen LogP contribution in [0.5, 0.6) is 0 Å². The number of nitrogens with zero attached hydrogens (tertiary/aromatic N) is 1. The van der Waals surface area contributed by atoms with Gasteiger partial charge >= 0.3 is 0 Å². The second kappa shape index (κ2) is 6.25. The molecule has 0 saturated carbocycles. The maximum atomic E-state index is 5.71. The number of rotatable bonds is 4. The van der Waals surface area contributed by atoms with Crippen molar-refractivity contribution in [2.24, 2.45) is 0 Å². The quantitative estimate of drug-likeness (QED) is 0.843. The first-order valence-electron chi connectivity index (χ1n) is 7.76. The Hall–Kier alpha value is -0.900. The van der Waals surface area contributed by atoms with E-state index in [2.05, 4.69) is 42.2 Å². The number of hydrogen-bond donors (Lipinski definition) is 0. The molecule has 0 amide bonds. The maximum Gasteiger partial charge on any atom is 0.0701 e. The minimum absolute atomic E-state index is 0.161.